The lowest BCUT2D eigenvalue weighted by molar-refractivity contribution is -0.142. The van der Waals surface area contributed by atoms with Crippen molar-refractivity contribution in [3.05, 3.63) is 185 Å². The summed E-state index contributed by atoms with van der Waals surface area (Å²) in [6.45, 7) is 5.65. The zero-order valence-electron chi connectivity index (χ0n) is 28.7. The fourth-order valence-electron chi connectivity index (χ4n) is 6.65. The molecular formula is C43H37N5O3. The Kier molecular flexibility index (Phi) is 9.48. The van der Waals surface area contributed by atoms with Gasteiger partial charge < -0.3 is 9.47 Å². The number of aryl methyl sites for hydroxylation is 2. The summed E-state index contributed by atoms with van der Waals surface area (Å²) in [6, 6.07) is 49.6. The SMILES string of the molecule is CC(=O)OCc1c(OCc2ccc(-c3ccccc3-c3nnnn3C(c3ccccc3)(c3ccccc3)c3ccccc3)cc2)cc(C)nc1C. The van der Waals surface area contributed by atoms with E-state index in [1.807, 2.05) is 54.9 Å². The zero-order chi connectivity index (χ0) is 35.2. The van der Waals surface area contributed by atoms with Crippen molar-refractivity contribution < 1.29 is 14.3 Å². The van der Waals surface area contributed by atoms with Gasteiger partial charge in [-0.25, -0.2) is 4.68 Å². The summed E-state index contributed by atoms with van der Waals surface area (Å²) in [6.07, 6.45) is 0. The van der Waals surface area contributed by atoms with E-state index in [9.17, 15) is 4.79 Å². The predicted molar refractivity (Wildman–Crippen MR) is 197 cm³/mol. The molecule has 0 N–H and O–H groups in total. The number of esters is 1. The molecule has 5 aromatic carbocycles. The second-order valence-electron chi connectivity index (χ2n) is 12.4. The molecule has 252 valence electrons. The van der Waals surface area contributed by atoms with Crippen molar-refractivity contribution in [1.82, 2.24) is 25.2 Å². The van der Waals surface area contributed by atoms with Crippen LogP contribution in [-0.4, -0.2) is 31.2 Å². The van der Waals surface area contributed by atoms with E-state index in [-0.39, 0.29) is 12.6 Å². The van der Waals surface area contributed by atoms with Crippen LogP contribution < -0.4 is 4.74 Å². The minimum absolute atomic E-state index is 0.110. The molecule has 7 rings (SSSR count). The van der Waals surface area contributed by atoms with Crippen LogP contribution in [0.3, 0.4) is 0 Å². The standard InChI is InChI=1S/C43H37N5O3/c1-30-27-41(40(31(2)44-30)29-50-32(3)49)51-28-33-23-25-34(26-24-33)38-21-13-14-22-39(38)42-45-46-47-48(42)43(35-15-7-4-8-16-35,36-17-9-5-10-18-36)37-19-11-6-12-20-37/h4-27H,28-29H2,1-3H3. The Bertz CT molecular complexity index is 2160. The highest BCUT2D eigenvalue weighted by atomic mass is 16.5. The molecule has 0 unspecified atom stereocenters. The summed E-state index contributed by atoms with van der Waals surface area (Å²) in [7, 11) is 0. The topological polar surface area (TPSA) is 92.0 Å². The van der Waals surface area contributed by atoms with Crippen molar-refractivity contribution in [2.75, 3.05) is 0 Å². The Morgan fingerprint density at radius 2 is 1.24 bits per heavy atom. The molecule has 2 aromatic heterocycles. The van der Waals surface area contributed by atoms with Crippen molar-refractivity contribution in [1.29, 1.82) is 0 Å². The third-order valence-corrected chi connectivity index (χ3v) is 9.03. The number of hydrogen-bond acceptors (Lipinski definition) is 7. The lowest BCUT2D eigenvalue weighted by atomic mass is 9.77. The van der Waals surface area contributed by atoms with E-state index in [1.54, 1.807) is 0 Å². The molecule has 0 spiro atoms. The normalized spacial score (nSPS) is 11.3. The van der Waals surface area contributed by atoms with Crippen LogP contribution in [0.4, 0.5) is 0 Å². The average Bonchev–Trinajstić information content (AvgIpc) is 3.65. The van der Waals surface area contributed by atoms with Crippen LogP contribution >= 0.6 is 0 Å². The minimum atomic E-state index is -0.866. The molecule has 0 radical (unpaired) electrons. The second-order valence-corrected chi connectivity index (χ2v) is 12.4. The number of carbonyl (C=O) groups is 1. The molecule has 0 amide bonds. The monoisotopic (exact) mass is 671 g/mol. The summed E-state index contributed by atoms with van der Waals surface area (Å²) in [5.74, 6) is 0.941. The van der Waals surface area contributed by atoms with Gasteiger partial charge in [0.15, 0.2) is 5.82 Å². The van der Waals surface area contributed by atoms with Gasteiger partial charge >= 0.3 is 5.97 Å². The molecule has 0 fully saturated rings. The van der Waals surface area contributed by atoms with Gasteiger partial charge in [-0.2, -0.15) is 0 Å². The van der Waals surface area contributed by atoms with E-state index in [0.717, 1.165) is 55.9 Å². The van der Waals surface area contributed by atoms with Gasteiger partial charge in [0.25, 0.3) is 0 Å². The Hall–Kier alpha value is -6.41. The summed E-state index contributed by atoms with van der Waals surface area (Å²) in [4.78, 5) is 16.0. The lowest BCUT2D eigenvalue weighted by Gasteiger charge is -2.36. The molecule has 0 bridgehead atoms. The van der Waals surface area contributed by atoms with E-state index in [4.69, 9.17) is 14.7 Å². The molecular weight excluding hydrogens is 635 g/mol. The fraction of sp³-hybridized carbons (Fsp3) is 0.140. The van der Waals surface area contributed by atoms with Crippen LogP contribution in [0.5, 0.6) is 5.75 Å². The highest BCUT2D eigenvalue weighted by Gasteiger charge is 2.42. The largest absolute Gasteiger partial charge is 0.488 e. The maximum absolute atomic E-state index is 11.5. The number of ether oxygens (including phenoxy) is 2. The number of carbonyl (C=O) groups excluding carboxylic acids is 1. The van der Waals surface area contributed by atoms with Gasteiger partial charge in [-0.3, -0.25) is 9.78 Å². The first kappa shape index (κ1) is 33.1. The molecule has 0 saturated heterocycles. The average molecular weight is 672 g/mol. The van der Waals surface area contributed by atoms with Crippen molar-refractivity contribution in [2.24, 2.45) is 0 Å². The third-order valence-electron chi connectivity index (χ3n) is 9.03. The fourth-order valence-corrected chi connectivity index (χ4v) is 6.65. The number of aromatic nitrogens is 5. The Labute approximate surface area is 297 Å². The molecule has 2 heterocycles. The summed E-state index contributed by atoms with van der Waals surface area (Å²) in [5, 5.41) is 13.7. The minimum Gasteiger partial charge on any atom is -0.488 e. The van der Waals surface area contributed by atoms with Gasteiger partial charge in [-0.1, -0.05) is 140 Å². The smallest absolute Gasteiger partial charge is 0.302 e. The molecule has 7 aromatic rings. The van der Waals surface area contributed by atoms with Crippen LogP contribution in [0.25, 0.3) is 22.5 Å². The first-order valence-corrected chi connectivity index (χ1v) is 16.8. The molecule has 0 atom stereocenters. The molecule has 0 saturated carbocycles. The van der Waals surface area contributed by atoms with Crippen molar-refractivity contribution in [2.45, 2.75) is 39.5 Å². The molecule has 8 heteroatoms. The van der Waals surface area contributed by atoms with Crippen LogP contribution in [0.1, 0.15) is 46.1 Å². The van der Waals surface area contributed by atoms with Crippen LogP contribution in [0, 0.1) is 13.8 Å². The highest BCUT2D eigenvalue weighted by molar-refractivity contribution is 5.81. The number of tetrazole rings is 1. The lowest BCUT2D eigenvalue weighted by Crippen LogP contribution is -2.39. The molecule has 51 heavy (non-hydrogen) atoms. The van der Waals surface area contributed by atoms with Crippen molar-refractivity contribution >= 4 is 5.97 Å². The molecule has 0 aliphatic heterocycles. The number of benzene rings is 5. The van der Waals surface area contributed by atoms with Crippen molar-refractivity contribution in [3.8, 4) is 28.3 Å². The first-order chi connectivity index (χ1) is 24.9. The van der Waals surface area contributed by atoms with E-state index in [2.05, 4.69) is 124 Å². The number of rotatable bonds is 11. The maximum Gasteiger partial charge on any atom is 0.302 e. The van der Waals surface area contributed by atoms with Gasteiger partial charge in [0.2, 0.25) is 0 Å². The van der Waals surface area contributed by atoms with E-state index in [1.165, 1.54) is 6.92 Å². The number of pyridine rings is 1. The Morgan fingerprint density at radius 1 is 0.686 bits per heavy atom. The molecule has 0 aliphatic rings. The van der Waals surface area contributed by atoms with E-state index < -0.39 is 5.54 Å². The molecule has 0 aliphatic carbocycles. The van der Waals surface area contributed by atoms with Gasteiger partial charge in [0, 0.05) is 29.9 Å². The second kappa shape index (κ2) is 14.6. The van der Waals surface area contributed by atoms with Gasteiger partial charge in [-0.05, 0) is 57.7 Å². The Morgan fingerprint density at radius 3 is 1.80 bits per heavy atom. The highest BCUT2D eigenvalue weighted by Crippen LogP contribution is 2.43. The molecule has 8 nitrogen and oxygen atoms in total. The van der Waals surface area contributed by atoms with E-state index in [0.29, 0.717) is 18.2 Å². The summed E-state index contributed by atoms with van der Waals surface area (Å²) < 4.78 is 13.5. The van der Waals surface area contributed by atoms with Gasteiger partial charge in [0.05, 0.1) is 5.56 Å². The zero-order valence-corrected chi connectivity index (χ0v) is 28.7. The quantitative estimate of drug-likeness (QED) is 0.101. The van der Waals surface area contributed by atoms with Crippen molar-refractivity contribution in [3.63, 3.8) is 0 Å². The number of hydrogen-bond donors (Lipinski definition) is 0. The maximum atomic E-state index is 11.5. The van der Waals surface area contributed by atoms with E-state index >= 15 is 0 Å². The summed E-state index contributed by atoms with van der Waals surface area (Å²) >= 11 is 0. The predicted octanol–water partition coefficient (Wildman–Crippen LogP) is 8.50. The first-order valence-electron chi connectivity index (χ1n) is 16.8. The Balaban J connectivity index is 1.27. The third kappa shape index (κ3) is 6.64. The van der Waals surface area contributed by atoms with Gasteiger partial charge in [0.1, 0.15) is 24.5 Å². The number of nitrogens with zero attached hydrogens (tertiary/aromatic N) is 5. The van der Waals surface area contributed by atoms with Crippen LogP contribution in [0.2, 0.25) is 0 Å². The van der Waals surface area contributed by atoms with Gasteiger partial charge in [-0.15, -0.1) is 5.10 Å². The van der Waals surface area contributed by atoms with Crippen LogP contribution in [0.15, 0.2) is 146 Å². The summed E-state index contributed by atoms with van der Waals surface area (Å²) in [5.41, 5.74) is 8.50. The van der Waals surface area contributed by atoms with Crippen LogP contribution in [-0.2, 0) is 28.3 Å².